The highest BCUT2D eigenvalue weighted by molar-refractivity contribution is 6.01. The van der Waals surface area contributed by atoms with Crippen molar-refractivity contribution in [1.29, 1.82) is 0 Å². The highest BCUT2D eigenvalue weighted by atomic mass is 16.2. The van der Waals surface area contributed by atoms with E-state index in [1.165, 1.54) is 4.68 Å². The number of anilines is 1. The van der Waals surface area contributed by atoms with Gasteiger partial charge in [0.05, 0.1) is 0 Å². The fourth-order valence-corrected chi connectivity index (χ4v) is 7.02. The Balaban J connectivity index is 1.22. The zero-order valence-electron chi connectivity index (χ0n) is 23.8. The normalized spacial score (nSPS) is 23.9. The lowest BCUT2D eigenvalue weighted by molar-refractivity contribution is -0.131. The van der Waals surface area contributed by atoms with Crippen molar-refractivity contribution in [2.45, 2.75) is 69.4 Å². The Labute approximate surface area is 239 Å². The molecular weight excluding hydrogens is 522 g/mol. The topological polar surface area (TPSA) is 137 Å². The number of fused-ring (bicyclic) bond motifs is 1. The van der Waals surface area contributed by atoms with E-state index in [1.54, 1.807) is 31.3 Å². The van der Waals surface area contributed by atoms with Crippen molar-refractivity contribution in [1.82, 2.24) is 30.6 Å². The smallest absolute Gasteiger partial charge is 0.318 e. The molecule has 1 aromatic heterocycles. The number of nitrogens with one attached hydrogen (secondary N) is 4. The van der Waals surface area contributed by atoms with Gasteiger partial charge in [-0.25, -0.2) is 4.79 Å². The van der Waals surface area contributed by atoms with Gasteiger partial charge >= 0.3 is 6.03 Å². The molecule has 2 heterocycles. The summed E-state index contributed by atoms with van der Waals surface area (Å²) in [6.07, 6.45) is 9.41. The van der Waals surface area contributed by atoms with Gasteiger partial charge in [-0.05, 0) is 60.9 Å². The Kier molecular flexibility index (Phi) is 6.99. The van der Waals surface area contributed by atoms with Gasteiger partial charge in [-0.3, -0.25) is 19.1 Å². The van der Waals surface area contributed by atoms with Gasteiger partial charge in [0.2, 0.25) is 11.8 Å². The number of benzene rings is 1. The lowest BCUT2D eigenvalue weighted by Crippen LogP contribution is -2.67. The zero-order valence-corrected chi connectivity index (χ0v) is 23.8. The van der Waals surface area contributed by atoms with Gasteiger partial charge in [-0.1, -0.05) is 25.3 Å². The molecule has 4 aliphatic rings. The first-order chi connectivity index (χ1) is 19.7. The van der Waals surface area contributed by atoms with Gasteiger partial charge in [-0.2, -0.15) is 5.10 Å². The van der Waals surface area contributed by atoms with E-state index < -0.39 is 11.6 Å². The summed E-state index contributed by atoms with van der Waals surface area (Å²) in [7, 11) is 3.31. The standard InChI is InChI=1S/C30H39N7O4/c1-31-27(40)30(37-18-29(11-12-29)17-32-28(37)41)15-20-8-9-22(14-21(20)16-30)34-26(39)24(19-6-4-3-5-7-19)35-25(38)23-10-13-33-36(23)2/h8-10,13-14,19,24H,3-7,11-12,15-18H2,1-2H3,(H,31,40)(H,32,41)(H,34,39)(H,35,38)/t24-,30?/m0/s1. The molecule has 0 bridgehead atoms. The number of carbonyl (C=O) groups is 4. The highest BCUT2D eigenvalue weighted by Gasteiger charge is 2.57. The van der Waals surface area contributed by atoms with Gasteiger partial charge in [-0.15, -0.1) is 0 Å². The van der Waals surface area contributed by atoms with E-state index in [9.17, 15) is 19.2 Å². The molecule has 218 valence electrons. The Morgan fingerprint density at radius 2 is 1.83 bits per heavy atom. The van der Waals surface area contributed by atoms with Crippen LogP contribution in [0.2, 0.25) is 0 Å². The average molecular weight is 562 g/mol. The first-order valence-corrected chi connectivity index (χ1v) is 14.7. The molecule has 2 aromatic rings. The quantitative estimate of drug-likeness (QED) is 0.411. The third-order valence-corrected chi connectivity index (χ3v) is 9.66. The Morgan fingerprint density at radius 3 is 2.51 bits per heavy atom. The molecule has 1 unspecified atom stereocenters. The van der Waals surface area contributed by atoms with Crippen molar-refractivity contribution >= 4 is 29.4 Å². The van der Waals surface area contributed by atoms with Crippen molar-refractivity contribution in [3.05, 3.63) is 47.3 Å². The Morgan fingerprint density at radius 1 is 1.07 bits per heavy atom. The van der Waals surface area contributed by atoms with E-state index >= 15 is 0 Å². The highest BCUT2D eigenvalue weighted by Crippen LogP contribution is 2.49. The van der Waals surface area contributed by atoms with Gasteiger partial charge < -0.3 is 26.2 Å². The van der Waals surface area contributed by atoms with E-state index in [2.05, 4.69) is 26.4 Å². The number of nitrogens with zero attached hydrogens (tertiary/aromatic N) is 3. The molecule has 41 heavy (non-hydrogen) atoms. The summed E-state index contributed by atoms with van der Waals surface area (Å²) < 4.78 is 1.50. The van der Waals surface area contributed by atoms with Crippen molar-refractivity contribution in [3.8, 4) is 0 Å². The molecule has 3 aliphatic carbocycles. The number of aromatic nitrogens is 2. The fourth-order valence-electron chi connectivity index (χ4n) is 7.02. The molecule has 3 fully saturated rings. The molecule has 0 radical (unpaired) electrons. The van der Waals surface area contributed by atoms with Gasteiger partial charge in [0.1, 0.15) is 17.3 Å². The van der Waals surface area contributed by atoms with Crippen molar-refractivity contribution in [2.24, 2.45) is 18.4 Å². The van der Waals surface area contributed by atoms with Crippen molar-refractivity contribution in [3.63, 3.8) is 0 Å². The summed E-state index contributed by atoms with van der Waals surface area (Å²) in [5, 5.41) is 15.9. The van der Waals surface area contributed by atoms with Crippen molar-refractivity contribution < 1.29 is 19.2 Å². The molecule has 4 N–H and O–H groups in total. The third kappa shape index (κ3) is 5.06. The number of amides is 5. The minimum Gasteiger partial charge on any atom is -0.357 e. The maximum absolute atomic E-state index is 13.7. The molecule has 1 aromatic carbocycles. The van der Waals surface area contributed by atoms with Gasteiger partial charge in [0.25, 0.3) is 5.91 Å². The molecular formula is C30H39N7O4. The fraction of sp³-hybridized carbons (Fsp3) is 0.567. The van der Waals surface area contributed by atoms with Crippen LogP contribution in [0.1, 0.15) is 66.6 Å². The molecule has 5 amide bonds. The maximum atomic E-state index is 13.7. The van der Waals surface area contributed by atoms with Crippen LogP contribution in [-0.2, 0) is 29.5 Å². The summed E-state index contributed by atoms with van der Waals surface area (Å²) in [6, 6.07) is 6.45. The molecule has 1 saturated heterocycles. The first kappa shape index (κ1) is 27.3. The largest absolute Gasteiger partial charge is 0.357 e. The molecule has 11 nitrogen and oxygen atoms in total. The molecule has 1 spiro atoms. The number of hydrogen-bond acceptors (Lipinski definition) is 5. The Hall–Kier alpha value is -3.89. The summed E-state index contributed by atoms with van der Waals surface area (Å²) >= 11 is 0. The number of urea groups is 1. The number of likely N-dealkylation sites (N-methyl/N-ethyl adjacent to an activating group) is 1. The first-order valence-electron chi connectivity index (χ1n) is 14.7. The van der Waals surface area contributed by atoms with Crippen molar-refractivity contribution in [2.75, 3.05) is 25.5 Å². The SMILES string of the molecule is CNC(=O)C1(N2CC3(CC3)CNC2=O)Cc2ccc(NC(=O)[C@@H](NC(=O)c3ccnn3C)C3CCCCC3)cc2C1. The average Bonchev–Trinajstić information content (AvgIpc) is 3.39. The zero-order chi connectivity index (χ0) is 28.8. The molecule has 6 rings (SSSR count). The van der Waals surface area contributed by atoms with Crippen LogP contribution in [-0.4, -0.2) is 70.2 Å². The summed E-state index contributed by atoms with van der Waals surface area (Å²) in [5.74, 6) is -0.715. The van der Waals surface area contributed by atoms with E-state index in [-0.39, 0.29) is 35.1 Å². The van der Waals surface area contributed by atoms with Gasteiger partial charge in [0, 0.05) is 57.3 Å². The van der Waals surface area contributed by atoms with E-state index in [1.807, 2.05) is 18.2 Å². The van der Waals surface area contributed by atoms with Crippen LogP contribution < -0.4 is 21.3 Å². The van der Waals surface area contributed by atoms with Crippen LogP contribution in [0, 0.1) is 11.3 Å². The second-order valence-corrected chi connectivity index (χ2v) is 12.4. The molecule has 11 heteroatoms. The molecule has 2 atom stereocenters. The minimum atomic E-state index is -1.01. The molecule has 1 aliphatic heterocycles. The minimum absolute atomic E-state index is 0.0450. The van der Waals surface area contributed by atoms with E-state index in [0.29, 0.717) is 37.3 Å². The monoisotopic (exact) mass is 561 g/mol. The second kappa shape index (κ2) is 10.5. The molecule has 2 saturated carbocycles. The van der Waals surface area contributed by atoms with Crippen LogP contribution in [0.3, 0.4) is 0 Å². The van der Waals surface area contributed by atoms with Crippen LogP contribution in [0.15, 0.2) is 30.5 Å². The van der Waals surface area contributed by atoms with Crippen LogP contribution in [0.25, 0.3) is 0 Å². The van der Waals surface area contributed by atoms with Gasteiger partial charge in [0.15, 0.2) is 0 Å². The number of rotatable bonds is 7. The summed E-state index contributed by atoms with van der Waals surface area (Å²) in [5.41, 5.74) is 1.99. The number of hydrogen-bond donors (Lipinski definition) is 4. The summed E-state index contributed by atoms with van der Waals surface area (Å²) in [4.78, 5) is 54.9. The number of aryl methyl sites for hydroxylation is 1. The lowest BCUT2D eigenvalue weighted by Gasteiger charge is -2.44. The maximum Gasteiger partial charge on any atom is 0.318 e. The Bertz CT molecular complexity index is 1380. The predicted molar refractivity (Wildman–Crippen MR) is 152 cm³/mol. The van der Waals surface area contributed by atoms with Crippen LogP contribution in [0.4, 0.5) is 10.5 Å². The predicted octanol–water partition coefficient (Wildman–Crippen LogP) is 2.13. The van der Waals surface area contributed by atoms with Crippen LogP contribution >= 0.6 is 0 Å². The van der Waals surface area contributed by atoms with Crippen LogP contribution in [0.5, 0.6) is 0 Å². The summed E-state index contributed by atoms with van der Waals surface area (Å²) in [6.45, 7) is 1.23. The number of carbonyl (C=O) groups excluding carboxylic acids is 4. The third-order valence-electron chi connectivity index (χ3n) is 9.66. The lowest BCUT2D eigenvalue weighted by atomic mass is 9.83. The second-order valence-electron chi connectivity index (χ2n) is 12.4. The van der Waals surface area contributed by atoms with E-state index in [0.717, 1.165) is 56.1 Å². The van der Waals surface area contributed by atoms with E-state index in [4.69, 9.17) is 0 Å².